The molecule has 1 fully saturated rings. The molecular formula is C4H6N4O2. The van der Waals surface area contributed by atoms with E-state index in [1.807, 2.05) is 0 Å². The molecule has 6 heteroatoms. The van der Waals surface area contributed by atoms with Gasteiger partial charge in [-0.1, -0.05) is 0 Å². The maximum absolute atomic E-state index is 9.84. The van der Waals surface area contributed by atoms with Crippen LogP contribution in [0.3, 0.4) is 0 Å². The molecule has 0 radical (unpaired) electrons. The van der Waals surface area contributed by atoms with Crippen molar-refractivity contribution in [2.75, 3.05) is 13.1 Å². The lowest BCUT2D eigenvalue weighted by atomic mass is 10.7. The fourth-order valence-electron chi connectivity index (χ4n) is 0.704. The zero-order chi connectivity index (χ0) is 7.40. The number of nitrogens with one attached hydrogen (secondary N) is 2. The molecule has 1 aliphatic rings. The summed E-state index contributed by atoms with van der Waals surface area (Å²) in [7, 11) is 0. The van der Waals surface area contributed by atoms with E-state index in [1.54, 1.807) is 0 Å². The van der Waals surface area contributed by atoms with Crippen molar-refractivity contribution in [3.05, 3.63) is 21.5 Å². The molecule has 0 atom stereocenters. The summed E-state index contributed by atoms with van der Waals surface area (Å²) in [6.07, 6.45) is 0. The normalized spacial score (nSPS) is 15.4. The molecule has 0 aromatic heterocycles. The third kappa shape index (κ3) is 1.09. The number of nitrogens with zero attached hydrogens (tertiary/aromatic N) is 2. The van der Waals surface area contributed by atoms with E-state index in [2.05, 4.69) is 21.0 Å². The highest BCUT2D eigenvalue weighted by Gasteiger charge is 2.11. The highest BCUT2D eigenvalue weighted by molar-refractivity contribution is 5.10. The van der Waals surface area contributed by atoms with Gasteiger partial charge in [-0.3, -0.25) is 0 Å². The summed E-state index contributed by atoms with van der Waals surface area (Å²) < 4.78 is 0. The van der Waals surface area contributed by atoms with Crippen LogP contribution < -0.4 is 10.6 Å². The van der Waals surface area contributed by atoms with E-state index in [9.17, 15) is 9.81 Å². The standard InChI is InChI=1S/C4H6N4O2/c9-7-4(8-10)3-5-1-2-6-3/h5-6H,1-2H2. The lowest BCUT2D eigenvalue weighted by molar-refractivity contribution is 0.899. The zero-order valence-corrected chi connectivity index (χ0v) is 5.13. The predicted octanol–water partition coefficient (Wildman–Crippen LogP) is -0.161. The summed E-state index contributed by atoms with van der Waals surface area (Å²) in [5.41, 5.74) is 0. The van der Waals surface area contributed by atoms with Crippen molar-refractivity contribution in [1.29, 1.82) is 0 Å². The number of rotatable bonds is 2. The molecular weight excluding hydrogens is 136 g/mol. The first-order valence-electron chi connectivity index (χ1n) is 2.77. The highest BCUT2D eigenvalue weighted by atomic mass is 16.3. The Hall–Kier alpha value is -1.46. The van der Waals surface area contributed by atoms with Crippen LogP contribution in [0.15, 0.2) is 22.0 Å². The van der Waals surface area contributed by atoms with Gasteiger partial charge in [0, 0.05) is 13.1 Å². The van der Waals surface area contributed by atoms with Gasteiger partial charge in [-0.25, -0.2) is 0 Å². The van der Waals surface area contributed by atoms with Crippen LogP contribution in [0.2, 0.25) is 0 Å². The van der Waals surface area contributed by atoms with Crippen molar-refractivity contribution in [2.24, 2.45) is 10.4 Å². The minimum atomic E-state index is -0.350. The van der Waals surface area contributed by atoms with Crippen molar-refractivity contribution in [3.8, 4) is 0 Å². The van der Waals surface area contributed by atoms with Gasteiger partial charge in [0.2, 0.25) is 0 Å². The van der Waals surface area contributed by atoms with Crippen LogP contribution in [0.4, 0.5) is 0 Å². The average molecular weight is 142 g/mol. The van der Waals surface area contributed by atoms with Gasteiger partial charge in [0.25, 0.3) is 5.82 Å². The largest absolute Gasteiger partial charge is 0.367 e. The van der Waals surface area contributed by atoms with Crippen molar-refractivity contribution in [1.82, 2.24) is 10.6 Å². The lowest BCUT2D eigenvalue weighted by Gasteiger charge is -1.94. The number of nitroso groups, excluding NO2 is 2. The molecule has 2 N–H and O–H groups in total. The summed E-state index contributed by atoms with van der Waals surface area (Å²) in [6.45, 7) is 1.37. The second-order valence-corrected chi connectivity index (χ2v) is 1.73. The van der Waals surface area contributed by atoms with Crippen LogP contribution >= 0.6 is 0 Å². The molecule has 0 spiro atoms. The summed E-state index contributed by atoms with van der Waals surface area (Å²) in [6, 6.07) is 0. The Morgan fingerprint density at radius 2 is 1.70 bits per heavy atom. The van der Waals surface area contributed by atoms with E-state index in [-0.39, 0.29) is 5.82 Å². The molecule has 1 heterocycles. The van der Waals surface area contributed by atoms with E-state index in [4.69, 9.17) is 0 Å². The second kappa shape index (κ2) is 2.90. The molecule has 10 heavy (non-hydrogen) atoms. The van der Waals surface area contributed by atoms with Gasteiger partial charge in [0.05, 0.1) is 0 Å². The molecule has 0 aromatic carbocycles. The van der Waals surface area contributed by atoms with E-state index in [1.165, 1.54) is 0 Å². The molecule has 54 valence electrons. The maximum atomic E-state index is 9.84. The van der Waals surface area contributed by atoms with Crippen molar-refractivity contribution < 1.29 is 0 Å². The Kier molecular flexibility index (Phi) is 1.93. The van der Waals surface area contributed by atoms with Gasteiger partial charge in [0.1, 0.15) is 0 Å². The van der Waals surface area contributed by atoms with Gasteiger partial charge in [-0.05, 0) is 10.4 Å². The SMILES string of the molecule is O=NC(N=O)=C1NCCN1. The Morgan fingerprint density at radius 1 is 1.20 bits per heavy atom. The van der Waals surface area contributed by atoms with Crippen LogP contribution in [-0.4, -0.2) is 13.1 Å². The van der Waals surface area contributed by atoms with Gasteiger partial charge in [0.15, 0.2) is 5.82 Å². The molecule has 6 nitrogen and oxygen atoms in total. The predicted molar refractivity (Wildman–Crippen MR) is 34.6 cm³/mol. The summed E-state index contributed by atoms with van der Waals surface area (Å²) in [5, 5.41) is 10.3. The third-order valence-corrected chi connectivity index (χ3v) is 1.13. The summed E-state index contributed by atoms with van der Waals surface area (Å²) >= 11 is 0. The summed E-state index contributed by atoms with van der Waals surface area (Å²) in [5.74, 6) is -0.0255. The van der Waals surface area contributed by atoms with Crippen molar-refractivity contribution >= 4 is 0 Å². The van der Waals surface area contributed by atoms with Crippen molar-refractivity contribution in [3.63, 3.8) is 0 Å². The quantitative estimate of drug-likeness (QED) is 0.524. The first-order chi connectivity index (χ1) is 4.88. The average Bonchev–Trinajstić information content (AvgIpc) is 2.43. The van der Waals surface area contributed by atoms with Crippen LogP contribution in [0.25, 0.3) is 0 Å². The molecule has 1 rings (SSSR count). The lowest BCUT2D eigenvalue weighted by Crippen LogP contribution is -2.11. The first-order valence-corrected chi connectivity index (χ1v) is 2.77. The Bertz CT molecular complexity index is 170. The smallest absolute Gasteiger partial charge is 0.279 e. The van der Waals surface area contributed by atoms with Gasteiger partial charge in [-0.15, -0.1) is 9.81 Å². The Labute approximate surface area is 56.6 Å². The monoisotopic (exact) mass is 142 g/mol. The van der Waals surface area contributed by atoms with Crippen LogP contribution in [-0.2, 0) is 0 Å². The highest BCUT2D eigenvalue weighted by Crippen LogP contribution is 2.03. The summed E-state index contributed by atoms with van der Waals surface area (Å²) in [4.78, 5) is 19.7. The van der Waals surface area contributed by atoms with Crippen LogP contribution in [0.1, 0.15) is 0 Å². The first kappa shape index (κ1) is 6.66. The fourth-order valence-corrected chi connectivity index (χ4v) is 0.704. The Morgan fingerprint density at radius 3 is 2.10 bits per heavy atom. The molecule has 1 aliphatic heterocycles. The van der Waals surface area contributed by atoms with Gasteiger partial charge < -0.3 is 10.6 Å². The maximum Gasteiger partial charge on any atom is 0.279 e. The molecule has 0 amide bonds. The topological polar surface area (TPSA) is 82.9 Å². The molecule has 0 saturated carbocycles. The van der Waals surface area contributed by atoms with Crippen LogP contribution in [0, 0.1) is 9.81 Å². The van der Waals surface area contributed by atoms with Gasteiger partial charge >= 0.3 is 0 Å². The Balaban J connectivity index is 2.78. The van der Waals surface area contributed by atoms with Gasteiger partial charge in [-0.2, -0.15) is 0 Å². The third-order valence-electron chi connectivity index (χ3n) is 1.13. The van der Waals surface area contributed by atoms with E-state index in [0.717, 1.165) is 0 Å². The zero-order valence-electron chi connectivity index (χ0n) is 5.13. The van der Waals surface area contributed by atoms with E-state index < -0.39 is 0 Å². The van der Waals surface area contributed by atoms with E-state index >= 15 is 0 Å². The number of hydrogen-bond acceptors (Lipinski definition) is 6. The molecule has 0 aromatic rings. The second-order valence-electron chi connectivity index (χ2n) is 1.73. The minimum Gasteiger partial charge on any atom is -0.367 e. The molecule has 0 bridgehead atoms. The van der Waals surface area contributed by atoms with E-state index in [0.29, 0.717) is 18.9 Å². The van der Waals surface area contributed by atoms with Crippen LogP contribution in [0.5, 0.6) is 0 Å². The fraction of sp³-hybridized carbons (Fsp3) is 0.500. The minimum absolute atomic E-state index is 0.324. The molecule has 0 unspecified atom stereocenters. The molecule has 0 aliphatic carbocycles. The van der Waals surface area contributed by atoms with Crippen molar-refractivity contribution in [2.45, 2.75) is 0 Å². The number of hydrogen-bond donors (Lipinski definition) is 2. The molecule has 1 saturated heterocycles.